The average Bonchev–Trinajstić information content (AvgIpc) is 2.81. The topological polar surface area (TPSA) is 26.5 Å². The molecule has 18 heavy (non-hydrogen) atoms. The van der Waals surface area contributed by atoms with Gasteiger partial charge in [-0.1, -0.05) is 18.2 Å². The molecule has 0 atom stereocenters. The van der Waals surface area contributed by atoms with Gasteiger partial charge in [0.25, 0.3) is 0 Å². The quantitative estimate of drug-likeness (QED) is 0.684. The monoisotopic (exact) mass is 238 g/mol. The second-order valence-electron chi connectivity index (χ2n) is 4.28. The van der Waals surface area contributed by atoms with Gasteiger partial charge in [-0.15, -0.1) is 0 Å². The van der Waals surface area contributed by atoms with Crippen LogP contribution in [0, 0.1) is 6.92 Å². The fourth-order valence-corrected chi connectivity index (χ4v) is 2.13. The predicted octanol–water partition coefficient (Wildman–Crippen LogP) is 3.32. The van der Waals surface area contributed by atoms with Crippen LogP contribution < -0.4 is 4.74 Å². The number of pyridine rings is 1. The first-order valence-corrected chi connectivity index (χ1v) is 5.86. The maximum atomic E-state index is 5.39. The summed E-state index contributed by atoms with van der Waals surface area (Å²) >= 11 is 0. The van der Waals surface area contributed by atoms with Gasteiger partial charge in [0.05, 0.1) is 24.4 Å². The lowest BCUT2D eigenvalue weighted by Gasteiger charge is -2.07. The Balaban J connectivity index is 2.28. The van der Waals surface area contributed by atoms with E-state index in [1.807, 2.05) is 30.5 Å². The minimum atomic E-state index is 0.839. The van der Waals surface area contributed by atoms with Crippen molar-refractivity contribution in [1.29, 1.82) is 0 Å². The van der Waals surface area contributed by atoms with Crippen LogP contribution in [0.15, 0.2) is 48.8 Å². The number of rotatable bonds is 2. The van der Waals surface area contributed by atoms with Crippen LogP contribution in [-0.4, -0.2) is 16.5 Å². The first-order chi connectivity index (χ1) is 8.79. The number of ether oxygens (including phenoxy) is 1. The SMILES string of the molecule is COc1ccccc1-c1ncc2ccc(C)cn12. The summed E-state index contributed by atoms with van der Waals surface area (Å²) in [7, 11) is 1.68. The van der Waals surface area contributed by atoms with E-state index in [0.29, 0.717) is 0 Å². The summed E-state index contributed by atoms with van der Waals surface area (Å²) in [6, 6.07) is 12.1. The van der Waals surface area contributed by atoms with Crippen LogP contribution in [0.4, 0.5) is 0 Å². The van der Waals surface area contributed by atoms with E-state index in [-0.39, 0.29) is 0 Å². The molecule has 0 amide bonds. The molecule has 0 aliphatic rings. The van der Waals surface area contributed by atoms with Gasteiger partial charge < -0.3 is 4.74 Å². The van der Waals surface area contributed by atoms with Gasteiger partial charge in [-0.3, -0.25) is 4.40 Å². The molecule has 1 aromatic carbocycles. The van der Waals surface area contributed by atoms with Crippen molar-refractivity contribution in [2.24, 2.45) is 0 Å². The molecule has 3 nitrogen and oxygen atoms in total. The predicted molar refractivity (Wildman–Crippen MR) is 71.9 cm³/mol. The van der Waals surface area contributed by atoms with Crippen LogP contribution in [0.1, 0.15) is 5.56 Å². The Kier molecular flexibility index (Phi) is 2.52. The summed E-state index contributed by atoms with van der Waals surface area (Å²) in [6.07, 6.45) is 3.96. The van der Waals surface area contributed by atoms with Crippen LogP contribution in [-0.2, 0) is 0 Å². The molecule has 0 radical (unpaired) electrons. The Labute approximate surface area is 106 Å². The number of benzene rings is 1. The Bertz CT molecular complexity index is 701. The van der Waals surface area contributed by atoms with Crippen molar-refractivity contribution in [2.75, 3.05) is 7.11 Å². The number of para-hydroxylation sites is 1. The van der Waals surface area contributed by atoms with E-state index in [1.165, 1.54) is 5.56 Å². The van der Waals surface area contributed by atoms with Crippen molar-refractivity contribution >= 4 is 5.52 Å². The van der Waals surface area contributed by atoms with Gasteiger partial charge >= 0.3 is 0 Å². The third kappa shape index (κ3) is 1.64. The smallest absolute Gasteiger partial charge is 0.148 e. The van der Waals surface area contributed by atoms with Gasteiger partial charge in [-0.05, 0) is 30.7 Å². The van der Waals surface area contributed by atoms with Crippen molar-refractivity contribution in [1.82, 2.24) is 9.38 Å². The molecule has 90 valence electrons. The van der Waals surface area contributed by atoms with Crippen LogP contribution >= 0.6 is 0 Å². The van der Waals surface area contributed by atoms with Gasteiger partial charge in [0.2, 0.25) is 0 Å². The summed E-state index contributed by atoms with van der Waals surface area (Å²) in [5.74, 6) is 1.75. The van der Waals surface area contributed by atoms with Crippen LogP contribution in [0.25, 0.3) is 16.9 Å². The van der Waals surface area contributed by atoms with Gasteiger partial charge in [0.15, 0.2) is 0 Å². The number of imidazole rings is 1. The second-order valence-corrected chi connectivity index (χ2v) is 4.28. The standard InChI is InChI=1S/C15H14N2O/c1-11-7-8-12-9-16-15(17(12)10-11)13-5-3-4-6-14(13)18-2/h3-10H,1-2H3. The molecule has 0 unspecified atom stereocenters. The lowest BCUT2D eigenvalue weighted by Crippen LogP contribution is -1.93. The molecular weight excluding hydrogens is 224 g/mol. The van der Waals surface area contributed by atoms with E-state index in [0.717, 1.165) is 22.7 Å². The van der Waals surface area contributed by atoms with Crippen molar-refractivity contribution in [2.45, 2.75) is 6.92 Å². The summed E-state index contributed by atoms with van der Waals surface area (Å²) in [4.78, 5) is 4.50. The van der Waals surface area contributed by atoms with E-state index in [9.17, 15) is 0 Å². The molecule has 0 fully saturated rings. The van der Waals surface area contributed by atoms with Crippen molar-refractivity contribution in [3.8, 4) is 17.1 Å². The molecule has 0 aliphatic heterocycles. The fourth-order valence-electron chi connectivity index (χ4n) is 2.13. The van der Waals surface area contributed by atoms with Gasteiger partial charge in [-0.25, -0.2) is 4.98 Å². The third-order valence-corrected chi connectivity index (χ3v) is 3.02. The van der Waals surface area contributed by atoms with Crippen LogP contribution in [0.5, 0.6) is 5.75 Å². The molecule has 3 heteroatoms. The lowest BCUT2D eigenvalue weighted by molar-refractivity contribution is 0.416. The van der Waals surface area contributed by atoms with E-state index >= 15 is 0 Å². The van der Waals surface area contributed by atoms with Crippen molar-refractivity contribution in [3.63, 3.8) is 0 Å². The van der Waals surface area contributed by atoms with E-state index in [2.05, 4.69) is 34.6 Å². The molecule has 0 saturated heterocycles. The molecule has 0 N–H and O–H groups in total. The van der Waals surface area contributed by atoms with E-state index in [1.54, 1.807) is 7.11 Å². The number of methoxy groups -OCH3 is 1. The first-order valence-electron chi connectivity index (χ1n) is 5.86. The summed E-state index contributed by atoms with van der Waals surface area (Å²) in [6.45, 7) is 2.07. The van der Waals surface area contributed by atoms with Crippen LogP contribution in [0.3, 0.4) is 0 Å². The summed E-state index contributed by atoms with van der Waals surface area (Å²) in [5.41, 5.74) is 3.30. The third-order valence-electron chi connectivity index (χ3n) is 3.02. The minimum Gasteiger partial charge on any atom is -0.496 e. The maximum absolute atomic E-state index is 5.39. The normalized spacial score (nSPS) is 10.8. The zero-order chi connectivity index (χ0) is 12.5. The zero-order valence-corrected chi connectivity index (χ0v) is 10.4. The molecule has 0 aliphatic carbocycles. The number of hydrogen-bond acceptors (Lipinski definition) is 2. The van der Waals surface area contributed by atoms with Crippen molar-refractivity contribution in [3.05, 3.63) is 54.4 Å². The molecule has 3 rings (SSSR count). The number of hydrogen-bond donors (Lipinski definition) is 0. The highest BCUT2D eigenvalue weighted by molar-refractivity contribution is 5.68. The largest absolute Gasteiger partial charge is 0.496 e. The second kappa shape index (κ2) is 4.18. The lowest BCUT2D eigenvalue weighted by atomic mass is 10.2. The fraction of sp³-hybridized carbons (Fsp3) is 0.133. The Morgan fingerprint density at radius 2 is 1.94 bits per heavy atom. The highest BCUT2D eigenvalue weighted by Crippen LogP contribution is 2.29. The summed E-state index contributed by atoms with van der Waals surface area (Å²) in [5, 5.41) is 0. The molecule has 2 aromatic heterocycles. The number of fused-ring (bicyclic) bond motifs is 1. The molecular formula is C15H14N2O. The molecule has 2 heterocycles. The number of nitrogens with zero attached hydrogens (tertiary/aromatic N) is 2. The highest BCUT2D eigenvalue weighted by atomic mass is 16.5. The van der Waals surface area contributed by atoms with Gasteiger partial charge in [0.1, 0.15) is 11.6 Å². The minimum absolute atomic E-state index is 0.839. The molecule has 0 spiro atoms. The van der Waals surface area contributed by atoms with Gasteiger partial charge in [0, 0.05) is 6.20 Å². The van der Waals surface area contributed by atoms with Crippen molar-refractivity contribution < 1.29 is 4.74 Å². The number of aryl methyl sites for hydroxylation is 1. The van der Waals surface area contributed by atoms with Crippen LogP contribution in [0.2, 0.25) is 0 Å². The first kappa shape index (κ1) is 10.8. The Morgan fingerprint density at radius 1 is 1.11 bits per heavy atom. The highest BCUT2D eigenvalue weighted by Gasteiger charge is 2.10. The summed E-state index contributed by atoms with van der Waals surface area (Å²) < 4.78 is 7.49. The molecule has 0 saturated carbocycles. The van der Waals surface area contributed by atoms with E-state index < -0.39 is 0 Å². The Morgan fingerprint density at radius 3 is 2.78 bits per heavy atom. The molecule has 0 bridgehead atoms. The molecule has 3 aromatic rings. The Hall–Kier alpha value is -2.29. The van der Waals surface area contributed by atoms with Gasteiger partial charge in [-0.2, -0.15) is 0 Å². The number of aromatic nitrogens is 2. The zero-order valence-electron chi connectivity index (χ0n) is 10.4. The average molecular weight is 238 g/mol. The van der Waals surface area contributed by atoms with E-state index in [4.69, 9.17) is 4.74 Å². The maximum Gasteiger partial charge on any atom is 0.148 e.